The highest BCUT2D eigenvalue weighted by molar-refractivity contribution is 7.98. The summed E-state index contributed by atoms with van der Waals surface area (Å²) in [4.78, 5) is 22.1. The van der Waals surface area contributed by atoms with Crippen molar-refractivity contribution < 1.29 is 4.79 Å². The molecule has 0 bridgehead atoms. The van der Waals surface area contributed by atoms with Gasteiger partial charge in [0.15, 0.2) is 5.16 Å². The monoisotopic (exact) mass is 282 g/mol. The fourth-order valence-corrected chi connectivity index (χ4v) is 1.95. The maximum absolute atomic E-state index is 11.7. The molecule has 8 heteroatoms. The molecule has 0 saturated heterocycles. The van der Waals surface area contributed by atoms with Gasteiger partial charge in [0.1, 0.15) is 11.6 Å². The van der Waals surface area contributed by atoms with Gasteiger partial charge in [0.2, 0.25) is 5.91 Å². The molecular formula is C11H18N6OS. The van der Waals surface area contributed by atoms with Crippen LogP contribution in [0.4, 0.5) is 11.6 Å². The minimum Gasteiger partial charge on any atom is -0.352 e. The Balaban J connectivity index is 2.03. The summed E-state index contributed by atoms with van der Waals surface area (Å²) in [5.74, 6) is 6.58. The Morgan fingerprint density at radius 2 is 2.32 bits per heavy atom. The molecule has 1 amide bonds. The van der Waals surface area contributed by atoms with E-state index in [1.54, 1.807) is 11.0 Å². The van der Waals surface area contributed by atoms with Crippen LogP contribution in [0.3, 0.4) is 0 Å². The van der Waals surface area contributed by atoms with E-state index in [1.165, 1.54) is 11.8 Å². The maximum atomic E-state index is 11.7. The predicted octanol–water partition coefficient (Wildman–Crippen LogP) is 0.199. The van der Waals surface area contributed by atoms with Gasteiger partial charge < -0.3 is 15.6 Å². The Labute approximate surface area is 116 Å². The summed E-state index contributed by atoms with van der Waals surface area (Å²) in [6.45, 7) is 0.269. The van der Waals surface area contributed by atoms with Crippen molar-refractivity contribution in [2.24, 2.45) is 5.84 Å². The van der Waals surface area contributed by atoms with Gasteiger partial charge in [-0.15, -0.1) is 0 Å². The van der Waals surface area contributed by atoms with E-state index in [0.29, 0.717) is 22.8 Å². The fourth-order valence-electron chi connectivity index (χ4n) is 1.57. The molecule has 0 aromatic carbocycles. The highest BCUT2D eigenvalue weighted by atomic mass is 32.2. The Morgan fingerprint density at radius 3 is 2.89 bits per heavy atom. The Hall–Kier alpha value is -1.54. The van der Waals surface area contributed by atoms with Crippen LogP contribution in [0.15, 0.2) is 11.2 Å². The number of nitrogens with one attached hydrogen (secondary N) is 2. The molecule has 1 aromatic rings. The lowest BCUT2D eigenvalue weighted by Gasteiger charge is -2.18. The molecule has 19 heavy (non-hydrogen) atoms. The first-order chi connectivity index (χ1) is 9.12. The number of nitrogen functional groups attached to an aromatic ring is 1. The maximum Gasteiger partial charge on any atom is 0.239 e. The molecule has 0 unspecified atom stereocenters. The van der Waals surface area contributed by atoms with Gasteiger partial charge in [0.25, 0.3) is 0 Å². The largest absolute Gasteiger partial charge is 0.352 e. The van der Waals surface area contributed by atoms with Crippen LogP contribution in [0.2, 0.25) is 0 Å². The first-order valence-electron chi connectivity index (χ1n) is 6.02. The number of hydrogen-bond donors (Lipinski definition) is 3. The number of hydrazine groups is 1. The number of thioether (sulfide) groups is 1. The molecule has 1 aromatic heterocycles. The van der Waals surface area contributed by atoms with Crippen molar-refractivity contribution in [3.63, 3.8) is 0 Å². The van der Waals surface area contributed by atoms with Gasteiger partial charge in [-0.3, -0.25) is 4.79 Å². The molecule has 1 saturated carbocycles. The number of hydrogen-bond acceptors (Lipinski definition) is 7. The summed E-state index contributed by atoms with van der Waals surface area (Å²) < 4.78 is 0. The summed E-state index contributed by atoms with van der Waals surface area (Å²) in [7, 11) is 1.82. The summed E-state index contributed by atoms with van der Waals surface area (Å²) in [6.07, 6.45) is 4.06. The van der Waals surface area contributed by atoms with Crippen molar-refractivity contribution in [3.8, 4) is 0 Å². The van der Waals surface area contributed by atoms with E-state index in [9.17, 15) is 4.79 Å². The molecule has 0 radical (unpaired) electrons. The van der Waals surface area contributed by atoms with Gasteiger partial charge in [-0.05, 0) is 19.1 Å². The van der Waals surface area contributed by atoms with Gasteiger partial charge in [0.05, 0.1) is 6.54 Å². The molecule has 1 heterocycles. The van der Waals surface area contributed by atoms with Crippen LogP contribution in [-0.2, 0) is 4.79 Å². The summed E-state index contributed by atoms with van der Waals surface area (Å²) in [6, 6.07) is 2.08. The Morgan fingerprint density at radius 1 is 1.58 bits per heavy atom. The minimum absolute atomic E-state index is 0.0107. The number of carbonyl (C=O) groups is 1. The quantitative estimate of drug-likeness (QED) is 0.297. The van der Waals surface area contributed by atoms with E-state index in [1.807, 2.05) is 13.3 Å². The average Bonchev–Trinajstić information content (AvgIpc) is 3.21. The minimum atomic E-state index is 0.0107. The van der Waals surface area contributed by atoms with Crippen LogP contribution in [0, 0.1) is 0 Å². The molecule has 1 aliphatic carbocycles. The lowest BCUT2D eigenvalue weighted by Crippen LogP contribution is -2.36. The summed E-state index contributed by atoms with van der Waals surface area (Å²) in [5, 5.41) is 3.55. The molecule has 2 rings (SSSR count). The molecule has 104 valence electrons. The lowest BCUT2D eigenvalue weighted by molar-refractivity contribution is -0.119. The third kappa shape index (κ3) is 3.97. The van der Waals surface area contributed by atoms with E-state index < -0.39 is 0 Å². The van der Waals surface area contributed by atoms with Crippen LogP contribution in [0.5, 0.6) is 0 Å². The molecule has 1 fully saturated rings. The third-order valence-corrected chi connectivity index (χ3v) is 3.28. The first kappa shape index (κ1) is 13.9. The van der Waals surface area contributed by atoms with E-state index in [2.05, 4.69) is 20.7 Å². The van der Waals surface area contributed by atoms with Gasteiger partial charge in [-0.2, -0.15) is 0 Å². The number of nitrogens with zero attached hydrogens (tertiary/aromatic N) is 3. The van der Waals surface area contributed by atoms with E-state index in [0.717, 1.165) is 12.8 Å². The number of anilines is 2. The van der Waals surface area contributed by atoms with Crippen LogP contribution in [-0.4, -0.2) is 41.8 Å². The highest BCUT2D eigenvalue weighted by Gasteiger charge is 2.23. The second-order valence-electron chi connectivity index (χ2n) is 4.44. The standard InChI is InChI=1S/C11H18N6OS/c1-17(6-10(18)13-7-3-4-7)9-5-8(16-12)14-11(15-9)19-2/h5,7H,3-4,6,12H2,1-2H3,(H,13,18)(H,14,15,16). The number of likely N-dealkylation sites (N-methyl/N-ethyl adjacent to an activating group) is 1. The van der Waals surface area contributed by atoms with Crippen molar-refractivity contribution in [1.82, 2.24) is 15.3 Å². The molecule has 7 nitrogen and oxygen atoms in total. The number of aromatic nitrogens is 2. The highest BCUT2D eigenvalue weighted by Crippen LogP contribution is 2.20. The second-order valence-corrected chi connectivity index (χ2v) is 5.21. The van der Waals surface area contributed by atoms with Crippen molar-refractivity contribution in [2.75, 3.05) is 30.2 Å². The smallest absolute Gasteiger partial charge is 0.239 e. The topological polar surface area (TPSA) is 96.2 Å². The molecule has 0 spiro atoms. The van der Waals surface area contributed by atoms with E-state index >= 15 is 0 Å². The number of nitrogens with two attached hydrogens (primary N) is 1. The Bertz CT molecular complexity index is 442. The van der Waals surface area contributed by atoms with Crippen molar-refractivity contribution in [3.05, 3.63) is 6.07 Å². The number of carbonyl (C=O) groups excluding carboxylic acids is 1. The first-order valence-corrected chi connectivity index (χ1v) is 7.25. The van der Waals surface area contributed by atoms with Gasteiger partial charge in [-0.1, -0.05) is 11.8 Å². The molecular weight excluding hydrogens is 264 g/mol. The molecule has 1 aliphatic rings. The number of amides is 1. The normalized spacial score (nSPS) is 14.1. The number of rotatable bonds is 6. The predicted molar refractivity (Wildman–Crippen MR) is 76.1 cm³/mol. The van der Waals surface area contributed by atoms with E-state index in [-0.39, 0.29) is 12.5 Å². The Kier molecular flexibility index (Phi) is 4.43. The summed E-state index contributed by atoms with van der Waals surface area (Å²) >= 11 is 1.42. The van der Waals surface area contributed by atoms with Gasteiger partial charge >= 0.3 is 0 Å². The SMILES string of the molecule is CSc1nc(NN)cc(N(C)CC(=O)NC2CC2)n1. The van der Waals surface area contributed by atoms with Crippen LogP contribution in [0.1, 0.15) is 12.8 Å². The van der Waals surface area contributed by atoms with Crippen molar-refractivity contribution in [2.45, 2.75) is 24.0 Å². The third-order valence-electron chi connectivity index (χ3n) is 2.74. The zero-order valence-corrected chi connectivity index (χ0v) is 11.8. The van der Waals surface area contributed by atoms with Crippen LogP contribution >= 0.6 is 11.8 Å². The lowest BCUT2D eigenvalue weighted by atomic mass is 10.4. The van der Waals surface area contributed by atoms with E-state index in [4.69, 9.17) is 5.84 Å². The zero-order valence-electron chi connectivity index (χ0n) is 11.0. The zero-order chi connectivity index (χ0) is 13.8. The van der Waals surface area contributed by atoms with Gasteiger partial charge in [-0.25, -0.2) is 15.8 Å². The van der Waals surface area contributed by atoms with Gasteiger partial charge in [0, 0.05) is 19.2 Å². The van der Waals surface area contributed by atoms with Crippen LogP contribution < -0.4 is 21.5 Å². The second kappa shape index (κ2) is 6.07. The average molecular weight is 282 g/mol. The molecule has 4 N–H and O–H groups in total. The summed E-state index contributed by atoms with van der Waals surface area (Å²) in [5.41, 5.74) is 2.50. The van der Waals surface area contributed by atoms with Crippen LogP contribution in [0.25, 0.3) is 0 Å². The van der Waals surface area contributed by atoms with Crippen molar-refractivity contribution in [1.29, 1.82) is 0 Å². The molecule has 0 atom stereocenters. The molecule has 0 aliphatic heterocycles. The fraction of sp³-hybridized carbons (Fsp3) is 0.545. The van der Waals surface area contributed by atoms with Crippen molar-refractivity contribution >= 4 is 29.3 Å².